The number of amides is 2. The minimum Gasteiger partial charge on any atom is -0.481 e. The number of rotatable bonds is 8. The summed E-state index contributed by atoms with van der Waals surface area (Å²) in [4.78, 5) is 28.1. The molecule has 0 spiro atoms. The van der Waals surface area contributed by atoms with Gasteiger partial charge in [-0.05, 0) is 32.6 Å². The van der Waals surface area contributed by atoms with E-state index in [1.54, 1.807) is 6.92 Å². The molecule has 3 rings (SSSR count). The van der Waals surface area contributed by atoms with Crippen molar-refractivity contribution in [2.45, 2.75) is 56.6 Å². The van der Waals surface area contributed by atoms with E-state index in [9.17, 15) is 27.2 Å². The minimum absolute atomic E-state index is 0.0513. The highest BCUT2D eigenvalue weighted by atomic mass is 19.4. The van der Waals surface area contributed by atoms with Crippen molar-refractivity contribution >= 4 is 11.8 Å². The topological polar surface area (TPSA) is 104 Å². The number of hydrogen-bond donors (Lipinski definition) is 2. The van der Waals surface area contributed by atoms with Gasteiger partial charge in [0.25, 0.3) is 5.91 Å². The number of primary amides is 1. The van der Waals surface area contributed by atoms with E-state index in [2.05, 4.69) is 10.3 Å². The van der Waals surface area contributed by atoms with E-state index >= 15 is 0 Å². The number of nitrogens with two attached hydrogens (primary N) is 1. The predicted molar refractivity (Wildman–Crippen MR) is 96.4 cm³/mol. The van der Waals surface area contributed by atoms with Gasteiger partial charge in [0.15, 0.2) is 11.8 Å². The Bertz CT molecular complexity index is 840. The third kappa shape index (κ3) is 4.66. The van der Waals surface area contributed by atoms with Crippen LogP contribution in [0.2, 0.25) is 0 Å². The zero-order valence-electron chi connectivity index (χ0n) is 16.5. The molecule has 30 heavy (non-hydrogen) atoms. The lowest BCUT2D eigenvalue weighted by molar-refractivity contribution is -0.190. The molecule has 0 aromatic carbocycles. The van der Waals surface area contributed by atoms with E-state index < -0.39 is 41.1 Å². The van der Waals surface area contributed by atoms with Crippen molar-refractivity contribution in [1.82, 2.24) is 10.3 Å². The summed E-state index contributed by atoms with van der Waals surface area (Å²) in [6.07, 6.45) is -4.42. The molecule has 2 fully saturated rings. The van der Waals surface area contributed by atoms with Gasteiger partial charge in [-0.15, -0.1) is 0 Å². The Morgan fingerprint density at radius 2 is 2.03 bits per heavy atom. The summed E-state index contributed by atoms with van der Waals surface area (Å²) in [5, 5.41) is 2.70. The summed E-state index contributed by atoms with van der Waals surface area (Å²) in [5.41, 5.74) is 1.85. The monoisotopic (exact) mass is 433 g/mol. The largest absolute Gasteiger partial charge is 0.481 e. The number of aromatic nitrogens is 1. The van der Waals surface area contributed by atoms with E-state index in [0.717, 1.165) is 32.0 Å². The molecule has 1 aromatic rings. The number of carbonyl (C=O) groups excluding carboxylic acids is 2. The number of alkyl halides is 4. The van der Waals surface area contributed by atoms with Crippen LogP contribution in [0.1, 0.15) is 49.2 Å². The van der Waals surface area contributed by atoms with Gasteiger partial charge in [-0.25, -0.2) is 4.39 Å². The van der Waals surface area contributed by atoms with E-state index in [0.29, 0.717) is 0 Å². The van der Waals surface area contributed by atoms with Crippen molar-refractivity contribution in [3.63, 3.8) is 0 Å². The summed E-state index contributed by atoms with van der Waals surface area (Å²) in [5.74, 6) is -1.70. The second-order valence-electron chi connectivity index (χ2n) is 8.11. The Morgan fingerprint density at radius 3 is 2.50 bits per heavy atom. The van der Waals surface area contributed by atoms with Gasteiger partial charge >= 0.3 is 6.18 Å². The standard InChI is InChI=1S/C19H23F4N3O4/c1-10(19(21,22)23)30-14-5-13(25-7-12(14)18(20)8-29-9-18)16(28)26-17(2,6-15(24)27)11-3-4-11/h5,7,10-11H,3-4,6,8-9H2,1-2H3,(H2,24,27)(H,26,28)/t10-,17-/m0/s1. The van der Waals surface area contributed by atoms with E-state index in [-0.39, 0.29) is 36.8 Å². The molecule has 2 heterocycles. The number of ether oxygens (including phenoxy) is 2. The zero-order chi connectivity index (χ0) is 22.3. The van der Waals surface area contributed by atoms with Crippen LogP contribution in [0.5, 0.6) is 5.75 Å². The number of halogens is 4. The molecule has 166 valence electrons. The number of pyridine rings is 1. The molecule has 7 nitrogen and oxygen atoms in total. The van der Waals surface area contributed by atoms with Crippen molar-refractivity contribution < 1.29 is 36.6 Å². The second kappa shape index (κ2) is 7.68. The molecule has 1 aromatic heterocycles. The van der Waals surface area contributed by atoms with Gasteiger partial charge in [-0.1, -0.05) is 0 Å². The average molecular weight is 433 g/mol. The smallest absolute Gasteiger partial charge is 0.425 e. The average Bonchev–Trinajstić information content (AvgIpc) is 3.43. The van der Waals surface area contributed by atoms with Crippen molar-refractivity contribution in [1.29, 1.82) is 0 Å². The molecule has 2 aliphatic rings. The van der Waals surface area contributed by atoms with Crippen LogP contribution in [0.3, 0.4) is 0 Å². The van der Waals surface area contributed by atoms with Crippen LogP contribution in [0.15, 0.2) is 12.3 Å². The molecule has 2 amide bonds. The third-order valence-electron chi connectivity index (χ3n) is 5.43. The highest BCUT2D eigenvalue weighted by Crippen LogP contribution is 2.42. The van der Waals surface area contributed by atoms with Gasteiger partial charge in [-0.2, -0.15) is 13.2 Å². The fourth-order valence-electron chi connectivity index (χ4n) is 3.39. The Kier molecular flexibility index (Phi) is 5.70. The van der Waals surface area contributed by atoms with Crippen molar-refractivity contribution in [3.8, 4) is 5.75 Å². The first kappa shape index (κ1) is 22.3. The van der Waals surface area contributed by atoms with Gasteiger partial charge in [0, 0.05) is 24.2 Å². The van der Waals surface area contributed by atoms with Crippen LogP contribution in [-0.4, -0.2) is 47.8 Å². The Labute approximate surface area is 170 Å². The maximum absolute atomic E-state index is 14.8. The summed E-state index contributed by atoms with van der Waals surface area (Å²) in [6, 6.07) is 0.976. The van der Waals surface area contributed by atoms with Crippen LogP contribution < -0.4 is 15.8 Å². The fraction of sp³-hybridized carbons (Fsp3) is 0.632. The number of hydrogen-bond acceptors (Lipinski definition) is 5. The molecule has 3 N–H and O–H groups in total. The Hall–Kier alpha value is -2.43. The van der Waals surface area contributed by atoms with Gasteiger partial charge in [-0.3, -0.25) is 14.6 Å². The van der Waals surface area contributed by atoms with Crippen molar-refractivity contribution in [2.24, 2.45) is 11.7 Å². The molecule has 0 bridgehead atoms. The van der Waals surface area contributed by atoms with E-state index in [1.807, 2.05) is 0 Å². The quantitative estimate of drug-likeness (QED) is 0.613. The van der Waals surface area contributed by atoms with Crippen LogP contribution in [0.25, 0.3) is 0 Å². The van der Waals surface area contributed by atoms with Gasteiger partial charge in [0.2, 0.25) is 5.91 Å². The zero-order valence-corrected chi connectivity index (χ0v) is 16.5. The molecule has 1 aliphatic carbocycles. The molecular weight excluding hydrogens is 410 g/mol. The minimum atomic E-state index is -4.69. The molecule has 0 radical (unpaired) electrons. The van der Waals surface area contributed by atoms with Crippen LogP contribution in [-0.2, 0) is 15.2 Å². The fourth-order valence-corrected chi connectivity index (χ4v) is 3.39. The van der Waals surface area contributed by atoms with Crippen LogP contribution in [0.4, 0.5) is 17.6 Å². The van der Waals surface area contributed by atoms with Gasteiger partial charge in [0.05, 0.1) is 18.8 Å². The molecule has 1 saturated carbocycles. The molecule has 1 saturated heterocycles. The lowest BCUT2D eigenvalue weighted by Gasteiger charge is -2.35. The SMILES string of the molecule is C[C@H](Oc1cc(C(=O)N[C@@](C)(CC(N)=O)C2CC2)ncc1C1(F)COC1)C(F)(F)F. The lowest BCUT2D eigenvalue weighted by atomic mass is 9.90. The van der Waals surface area contributed by atoms with Crippen LogP contribution in [0, 0.1) is 5.92 Å². The van der Waals surface area contributed by atoms with Gasteiger partial charge < -0.3 is 20.5 Å². The lowest BCUT2D eigenvalue weighted by Crippen LogP contribution is -2.50. The van der Waals surface area contributed by atoms with Gasteiger partial charge in [0.1, 0.15) is 11.4 Å². The number of nitrogens with zero attached hydrogens (tertiary/aromatic N) is 1. The predicted octanol–water partition coefficient (Wildman–Crippen LogP) is 2.38. The first-order valence-corrected chi connectivity index (χ1v) is 9.45. The maximum Gasteiger partial charge on any atom is 0.425 e. The second-order valence-corrected chi connectivity index (χ2v) is 8.11. The van der Waals surface area contributed by atoms with Crippen LogP contribution >= 0.6 is 0 Å². The first-order chi connectivity index (χ1) is 13.8. The molecular formula is C19H23F4N3O4. The highest BCUT2D eigenvalue weighted by molar-refractivity contribution is 5.93. The Balaban J connectivity index is 1.88. The van der Waals surface area contributed by atoms with E-state index in [1.165, 1.54) is 0 Å². The number of nitrogens with one attached hydrogen (secondary N) is 1. The normalized spacial score (nSPS) is 21.1. The summed E-state index contributed by atoms with van der Waals surface area (Å²) >= 11 is 0. The number of carbonyl (C=O) groups is 2. The summed E-state index contributed by atoms with van der Waals surface area (Å²) < 4.78 is 63.5. The highest BCUT2D eigenvalue weighted by Gasteiger charge is 2.46. The Morgan fingerprint density at radius 1 is 1.40 bits per heavy atom. The first-order valence-electron chi connectivity index (χ1n) is 9.45. The third-order valence-corrected chi connectivity index (χ3v) is 5.43. The van der Waals surface area contributed by atoms with Crippen molar-refractivity contribution in [2.75, 3.05) is 13.2 Å². The van der Waals surface area contributed by atoms with E-state index in [4.69, 9.17) is 15.2 Å². The molecule has 2 atom stereocenters. The molecule has 11 heteroatoms. The molecule has 1 aliphatic heterocycles. The van der Waals surface area contributed by atoms with Crippen molar-refractivity contribution in [3.05, 3.63) is 23.5 Å². The maximum atomic E-state index is 14.8. The summed E-state index contributed by atoms with van der Waals surface area (Å²) in [6.45, 7) is 1.75. The summed E-state index contributed by atoms with van der Waals surface area (Å²) in [7, 11) is 0. The molecule has 0 unspecified atom stereocenters.